The Kier molecular flexibility index (Phi) is 4.59. The van der Waals surface area contributed by atoms with Crippen LogP contribution >= 0.6 is 0 Å². The second-order valence-corrected chi connectivity index (χ2v) is 6.75. The van der Waals surface area contributed by atoms with Gasteiger partial charge in [-0.1, -0.05) is 6.92 Å². The first kappa shape index (κ1) is 15.5. The molecule has 0 unspecified atom stereocenters. The van der Waals surface area contributed by atoms with Gasteiger partial charge in [-0.15, -0.1) is 0 Å². The number of aryl methyl sites for hydroxylation is 1. The summed E-state index contributed by atoms with van der Waals surface area (Å²) in [6.45, 7) is 2.38. The molecule has 0 atom stereocenters. The van der Waals surface area contributed by atoms with Crippen LogP contribution in [-0.2, 0) is 23.0 Å². The van der Waals surface area contributed by atoms with E-state index in [4.69, 9.17) is 4.42 Å². The maximum Gasteiger partial charge on any atom is 0.244 e. The summed E-state index contributed by atoms with van der Waals surface area (Å²) in [7, 11) is -0.486. The number of pyridine rings is 1. The molecular formula is C13H18N4O3S. The van der Waals surface area contributed by atoms with E-state index in [1.807, 2.05) is 6.92 Å². The van der Waals surface area contributed by atoms with Gasteiger partial charge in [0, 0.05) is 26.7 Å². The van der Waals surface area contributed by atoms with E-state index in [2.05, 4.69) is 15.3 Å². The number of sulfonamides is 1. The highest BCUT2D eigenvalue weighted by Gasteiger charge is 2.17. The fourth-order valence-electron chi connectivity index (χ4n) is 1.61. The molecule has 2 heterocycles. The molecule has 0 saturated carbocycles. The highest BCUT2D eigenvalue weighted by atomic mass is 32.2. The normalized spacial score (nSPS) is 11.8. The fourth-order valence-corrected chi connectivity index (χ4v) is 2.46. The van der Waals surface area contributed by atoms with E-state index in [9.17, 15) is 8.42 Å². The molecule has 0 aliphatic heterocycles. The number of oxazole rings is 1. The quantitative estimate of drug-likeness (QED) is 0.869. The summed E-state index contributed by atoms with van der Waals surface area (Å²) in [6.07, 6.45) is 3.81. The van der Waals surface area contributed by atoms with Gasteiger partial charge in [-0.3, -0.25) is 0 Å². The summed E-state index contributed by atoms with van der Waals surface area (Å²) in [6, 6.07) is 3.12. The molecule has 0 amide bonds. The average molecular weight is 310 g/mol. The predicted octanol–water partition coefficient (Wildman–Crippen LogP) is 1.49. The van der Waals surface area contributed by atoms with Gasteiger partial charge in [0.25, 0.3) is 0 Å². The van der Waals surface area contributed by atoms with E-state index in [-0.39, 0.29) is 4.90 Å². The summed E-state index contributed by atoms with van der Waals surface area (Å²) < 4.78 is 30.4. The standard InChI is InChI=1S/C13H18N4O3S/c1-4-10-7-16-13(20-10)9-15-12-6-5-11(8-14-12)21(18,19)17(2)3/h5-8H,4,9H2,1-3H3,(H,14,15). The van der Waals surface area contributed by atoms with Gasteiger partial charge in [-0.25, -0.2) is 22.7 Å². The summed E-state index contributed by atoms with van der Waals surface area (Å²) in [5.41, 5.74) is 0. The van der Waals surface area contributed by atoms with Gasteiger partial charge >= 0.3 is 0 Å². The highest BCUT2D eigenvalue weighted by Crippen LogP contribution is 2.14. The van der Waals surface area contributed by atoms with Crippen LogP contribution < -0.4 is 5.32 Å². The highest BCUT2D eigenvalue weighted by molar-refractivity contribution is 7.89. The van der Waals surface area contributed by atoms with Gasteiger partial charge in [0.15, 0.2) is 0 Å². The SMILES string of the molecule is CCc1cnc(CNc2ccc(S(=O)(=O)N(C)C)cn2)o1. The Morgan fingerprint density at radius 3 is 2.52 bits per heavy atom. The van der Waals surface area contributed by atoms with Gasteiger partial charge in [-0.05, 0) is 12.1 Å². The molecule has 2 aromatic heterocycles. The van der Waals surface area contributed by atoms with Crippen molar-refractivity contribution >= 4 is 15.8 Å². The number of aromatic nitrogens is 2. The Morgan fingerprint density at radius 2 is 2.00 bits per heavy atom. The molecule has 0 bridgehead atoms. The molecule has 0 spiro atoms. The van der Waals surface area contributed by atoms with Crippen LogP contribution in [0.1, 0.15) is 18.6 Å². The van der Waals surface area contributed by atoms with E-state index in [1.165, 1.54) is 26.4 Å². The van der Waals surface area contributed by atoms with Gasteiger partial charge in [0.2, 0.25) is 15.9 Å². The third-order valence-electron chi connectivity index (χ3n) is 2.89. The van der Waals surface area contributed by atoms with Crippen LogP contribution in [0.5, 0.6) is 0 Å². The molecule has 7 nitrogen and oxygen atoms in total. The minimum atomic E-state index is -3.45. The molecule has 0 aliphatic rings. The molecule has 2 rings (SSSR count). The molecule has 0 radical (unpaired) electrons. The van der Waals surface area contributed by atoms with Crippen molar-refractivity contribution in [2.45, 2.75) is 24.8 Å². The lowest BCUT2D eigenvalue weighted by Gasteiger charge is -2.11. The maximum atomic E-state index is 11.9. The monoisotopic (exact) mass is 310 g/mol. The van der Waals surface area contributed by atoms with Crippen molar-refractivity contribution in [2.24, 2.45) is 0 Å². The molecular weight excluding hydrogens is 292 g/mol. The van der Waals surface area contributed by atoms with Crippen molar-refractivity contribution in [2.75, 3.05) is 19.4 Å². The Balaban J connectivity index is 2.03. The Hall–Kier alpha value is -1.93. The molecule has 21 heavy (non-hydrogen) atoms. The molecule has 114 valence electrons. The summed E-state index contributed by atoms with van der Waals surface area (Å²) in [5.74, 6) is 1.95. The number of nitrogens with one attached hydrogen (secondary N) is 1. The van der Waals surface area contributed by atoms with Crippen molar-refractivity contribution in [1.29, 1.82) is 0 Å². The zero-order valence-electron chi connectivity index (χ0n) is 12.2. The van der Waals surface area contributed by atoms with Crippen molar-refractivity contribution in [3.63, 3.8) is 0 Å². The molecule has 1 N–H and O–H groups in total. The number of hydrogen-bond donors (Lipinski definition) is 1. The van der Waals surface area contributed by atoms with E-state index in [0.717, 1.165) is 16.5 Å². The second kappa shape index (κ2) is 6.23. The van der Waals surface area contributed by atoms with Gasteiger partial charge in [0.05, 0.1) is 12.7 Å². The lowest BCUT2D eigenvalue weighted by molar-refractivity contribution is 0.465. The maximum absolute atomic E-state index is 11.9. The van der Waals surface area contributed by atoms with Gasteiger partial charge in [0.1, 0.15) is 16.5 Å². The largest absolute Gasteiger partial charge is 0.444 e. The zero-order valence-corrected chi connectivity index (χ0v) is 13.0. The van der Waals surface area contributed by atoms with Crippen LogP contribution in [-0.4, -0.2) is 36.8 Å². The van der Waals surface area contributed by atoms with Crippen molar-refractivity contribution < 1.29 is 12.8 Å². The molecule has 0 saturated heterocycles. The molecule has 8 heteroatoms. The lowest BCUT2D eigenvalue weighted by atomic mass is 10.4. The smallest absolute Gasteiger partial charge is 0.244 e. The first-order valence-electron chi connectivity index (χ1n) is 6.49. The molecule has 2 aromatic rings. The minimum absolute atomic E-state index is 0.155. The Labute approximate surface area is 124 Å². The van der Waals surface area contributed by atoms with Gasteiger partial charge in [-0.2, -0.15) is 0 Å². The molecule has 0 fully saturated rings. The Bertz CT molecular complexity index is 692. The summed E-state index contributed by atoms with van der Waals surface area (Å²) >= 11 is 0. The second-order valence-electron chi connectivity index (χ2n) is 4.59. The lowest BCUT2D eigenvalue weighted by Crippen LogP contribution is -2.22. The van der Waals surface area contributed by atoms with Crippen molar-refractivity contribution in [3.05, 3.63) is 36.2 Å². The van der Waals surface area contributed by atoms with Crippen LogP contribution in [0.25, 0.3) is 0 Å². The van der Waals surface area contributed by atoms with Gasteiger partial charge < -0.3 is 9.73 Å². The third-order valence-corrected chi connectivity index (χ3v) is 4.68. The van der Waals surface area contributed by atoms with E-state index < -0.39 is 10.0 Å². The van der Waals surface area contributed by atoms with Crippen LogP contribution in [0.2, 0.25) is 0 Å². The third kappa shape index (κ3) is 3.59. The number of anilines is 1. The Morgan fingerprint density at radius 1 is 1.24 bits per heavy atom. The van der Waals surface area contributed by atoms with Crippen molar-refractivity contribution in [3.8, 4) is 0 Å². The van der Waals surface area contributed by atoms with Crippen LogP contribution in [0.15, 0.2) is 33.8 Å². The molecule has 0 aliphatic carbocycles. The molecule has 0 aromatic carbocycles. The van der Waals surface area contributed by atoms with E-state index in [0.29, 0.717) is 18.3 Å². The van der Waals surface area contributed by atoms with E-state index in [1.54, 1.807) is 12.3 Å². The minimum Gasteiger partial charge on any atom is -0.444 e. The average Bonchev–Trinajstić information content (AvgIpc) is 2.93. The number of hydrogen-bond acceptors (Lipinski definition) is 6. The fraction of sp³-hybridized carbons (Fsp3) is 0.385. The number of rotatable bonds is 6. The van der Waals surface area contributed by atoms with Crippen LogP contribution in [0, 0.1) is 0 Å². The van der Waals surface area contributed by atoms with Crippen LogP contribution in [0.4, 0.5) is 5.82 Å². The first-order valence-corrected chi connectivity index (χ1v) is 7.93. The zero-order chi connectivity index (χ0) is 15.5. The summed E-state index contributed by atoms with van der Waals surface area (Å²) in [5, 5.41) is 3.03. The summed E-state index contributed by atoms with van der Waals surface area (Å²) in [4.78, 5) is 8.36. The predicted molar refractivity (Wildman–Crippen MR) is 78.3 cm³/mol. The van der Waals surface area contributed by atoms with Crippen molar-refractivity contribution in [1.82, 2.24) is 14.3 Å². The number of nitrogens with zero attached hydrogens (tertiary/aromatic N) is 3. The first-order chi connectivity index (χ1) is 9.93. The topological polar surface area (TPSA) is 88.3 Å². The van der Waals surface area contributed by atoms with Crippen LogP contribution in [0.3, 0.4) is 0 Å². The van der Waals surface area contributed by atoms with E-state index >= 15 is 0 Å².